The molecule has 1 fully saturated rings. The second kappa shape index (κ2) is 7.08. The number of pyridine rings is 1. The minimum absolute atomic E-state index is 0.00386. The Morgan fingerprint density at radius 3 is 2.50 bits per heavy atom. The molecule has 142 valence electrons. The lowest BCUT2D eigenvalue weighted by atomic mass is 9.79. The number of likely N-dealkylation sites (tertiary alicyclic amines) is 1. The van der Waals surface area contributed by atoms with Crippen LogP contribution in [0, 0.1) is 5.41 Å². The summed E-state index contributed by atoms with van der Waals surface area (Å²) in [6.45, 7) is 2.97. The van der Waals surface area contributed by atoms with Gasteiger partial charge < -0.3 is 10.6 Å². The van der Waals surface area contributed by atoms with Gasteiger partial charge in [-0.15, -0.1) is 0 Å². The Kier molecular flexibility index (Phi) is 4.59. The Balaban J connectivity index is 1.56. The van der Waals surface area contributed by atoms with Gasteiger partial charge in [0.25, 0.3) is 5.91 Å². The fraction of sp³-hybridized carbons (Fsp3) is 0.261. The van der Waals surface area contributed by atoms with E-state index in [9.17, 15) is 9.59 Å². The molecule has 0 unspecified atom stereocenters. The maximum absolute atomic E-state index is 13.0. The number of rotatable bonds is 3. The van der Waals surface area contributed by atoms with Crippen molar-refractivity contribution in [2.24, 2.45) is 11.1 Å². The van der Waals surface area contributed by atoms with E-state index in [0.717, 1.165) is 22.0 Å². The molecular formula is C23H23N3O2. The molecule has 0 bridgehead atoms. The summed E-state index contributed by atoms with van der Waals surface area (Å²) in [6, 6.07) is 17.8. The van der Waals surface area contributed by atoms with Crippen molar-refractivity contribution in [3.8, 4) is 11.1 Å². The predicted molar refractivity (Wildman–Crippen MR) is 110 cm³/mol. The molecule has 5 nitrogen and oxygen atoms in total. The fourth-order valence-corrected chi connectivity index (χ4v) is 3.72. The van der Waals surface area contributed by atoms with E-state index in [1.165, 1.54) is 0 Å². The molecule has 2 amide bonds. The molecule has 0 aliphatic carbocycles. The van der Waals surface area contributed by atoms with Crippen molar-refractivity contribution >= 4 is 22.7 Å². The summed E-state index contributed by atoms with van der Waals surface area (Å²) >= 11 is 0. The van der Waals surface area contributed by atoms with Crippen molar-refractivity contribution in [3.63, 3.8) is 0 Å². The van der Waals surface area contributed by atoms with Crippen LogP contribution in [0.4, 0.5) is 0 Å². The predicted octanol–water partition coefficient (Wildman–Crippen LogP) is 3.63. The van der Waals surface area contributed by atoms with Crippen LogP contribution in [-0.4, -0.2) is 34.8 Å². The van der Waals surface area contributed by atoms with E-state index >= 15 is 0 Å². The summed E-state index contributed by atoms with van der Waals surface area (Å²) in [5, 5.41) is 1.07. The quantitative estimate of drug-likeness (QED) is 0.762. The number of fused-ring (bicyclic) bond motifs is 1. The van der Waals surface area contributed by atoms with Gasteiger partial charge in [-0.1, -0.05) is 31.2 Å². The van der Waals surface area contributed by atoms with Crippen LogP contribution in [0.25, 0.3) is 22.0 Å². The van der Waals surface area contributed by atoms with E-state index in [0.29, 0.717) is 31.5 Å². The largest absolute Gasteiger partial charge is 0.369 e. The van der Waals surface area contributed by atoms with Crippen molar-refractivity contribution in [2.45, 2.75) is 19.8 Å². The number of nitrogens with zero attached hydrogens (tertiary/aromatic N) is 2. The average Bonchev–Trinajstić information content (AvgIpc) is 2.73. The highest BCUT2D eigenvalue weighted by Gasteiger charge is 2.36. The zero-order valence-corrected chi connectivity index (χ0v) is 15.9. The van der Waals surface area contributed by atoms with Gasteiger partial charge in [0.1, 0.15) is 0 Å². The normalized spacial score (nSPS) is 16.1. The molecule has 0 atom stereocenters. The minimum Gasteiger partial charge on any atom is -0.369 e. The SMILES string of the molecule is CC1(C(N)=O)CCN(C(=O)c2cccc(-c3ccc4ncccc4c3)c2)CC1. The first-order valence-corrected chi connectivity index (χ1v) is 9.51. The van der Waals surface area contributed by atoms with Gasteiger partial charge >= 0.3 is 0 Å². The van der Waals surface area contributed by atoms with Gasteiger partial charge in [0.2, 0.25) is 5.91 Å². The number of piperidine rings is 1. The summed E-state index contributed by atoms with van der Waals surface area (Å²) in [5.41, 5.74) is 8.65. The molecule has 0 radical (unpaired) electrons. The molecule has 2 aromatic carbocycles. The topological polar surface area (TPSA) is 76.3 Å². The Bertz CT molecular complexity index is 1050. The van der Waals surface area contributed by atoms with Gasteiger partial charge in [0.15, 0.2) is 0 Å². The molecule has 2 heterocycles. The molecular weight excluding hydrogens is 350 g/mol. The minimum atomic E-state index is -0.516. The Labute approximate surface area is 164 Å². The molecule has 1 saturated heterocycles. The number of carbonyl (C=O) groups is 2. The summed E-state index contributed by atoms with van der Waals surface area (Å²) < 4.78 is 0. The van der Waals surface area contributed by atoms with Crippen molar-refractivity contribution in [3.05, 3.63) is 66.4 Å². The number of nitrogens with two attached hydrogens (primary N) is 1. The highest BCUT2D eigenvalue weighted by atomic mass is 16.2. The van der Waals surface area contributed by atoms with Gasteiger partial charge in [-0.2, -0.15) is 0 Å². The Hall–Kier alpha value is -3.21. The zero-order valence-electron chi connectivity index (χ0n) is 15.9. The summed E-state index contributed by atoms with van der Waals surface area (Å²) in [4.78, 5) is 30.8. The average molecular weight is 373 g/mol. The summed E-state index contributed by atoms with van der Waals surface area (Å²) in [5.74, 6) is -0.289. The molecule has 0 saturated carbocycles. The summed E-state index contributed by atoms with van der Waals surface area (Å²) in [7, 11) is 0. The first kappa shape index (κ1) is 18.2. The van der Waals surface area contributed by atoms with Crippen LogP contribution in [0.1, 0.15) is 30.1 Å². The number of carbonyl (C=O) groups excluding carboxylic acids is 2. The van der Waals surface area contributed by atoms with Gasteiger partial charge in [-0.3, -0.25) is 14.6 Å². The molecule has 2 N–H and O–H groups in total. The monoisotopic (exact) mass is 373 g/mol. The van der Waals surface area contributed by atoms with E-state index in [2.05, 4.69) is 11.1 Å². The second-order valence-corrected chi connectivity index (χ2v) is 7.71. The molecule has 5 heteroatoms. The van der Waals surface area contributed by atoms with Gasteiger partial charge in [0, 0.05) is 35.7 Å². The van der Waals surface area contributed by atoms with Crippen molar-refractivity contribution < 1.29 is 9.59 Å². The standard InChI is InChI=1S/C23H23N3O2/c1-23(22(24)28)9-12-26(13-10-23)21(27)19-5-2-4-16(15-19)17-7-8-20-18(14-17)6-3-11-25-20/h2-8,11,14-15H,9-10,12-13H2,1H3,(H2,24,28). The lowest BCUT2D eigenvalue weighted by molar-refractivity contribution is -0.129. The Morgan fingerprint density at radius 1 is 1.00 bits per heavy atom. The molecule has 28 heavy (non-hydrogen) atoms. The van der Waals surface area contributed by atoms with E-state index in [1.54, 1.807) is 6.20 Å². The van der Waals surface area contributed by atoms with Crippen molar-refractivity contribution in [2.75, 3.05) is 13.1 Å². The second-order valence-electron chi connectivity index (χ2n) is 7.71. The van der Waals surface area contributed by atoms with Crippen molar-refractivity contribution in [1.82, 2.24) is 9.88 Å². The third-order valence-electron chi connectivity index (χ3n) is 5.79. The van der Waals surface area contributed by atoms with Crippen LogP contribution < -0.4 is 5.73 Å². The van der Waals surface area contributed by atoms with Crippen LogP contribution >= 0.6 is 0 Å². The molecule has 1 aliphatic rings. The first-order chi connectivity index (χ1) is 13.5. The maximum Gasteiger partial charge on any atom is 0.253 e. The third-order valence-corrected chi connectivity index (χ3v) is 5.79. The van der Waals surface area contributed by atoms with Gasteiger partial charge in [-0.05, 0) is 54.3 Å². The lowest BCUT2D eigenvalue weighted by Gasteiger charge is -2.37. The van der Waals surface area contributed by atoms with Crippen LogP contribution in [0.3, 0.4) is 0 Å². The first-order valence-electron chi connectivity index (χ1n) is 9.51. The third kappa shape index (κ3) is 3.36. The van der Waals surface area contributed by atoms with Crippen LogP contribution in [0.5, 0.6) is 0 Å². The fourth-order valence-electron chi connectivity index (χ4n) is 3.72. The highest BCUT2D eigenvalue weighted by Crippen LogP contribution is 2.31. The van der Waals surface area contributed by atoms with E-state index in [1.807, 2.05) is 60.4 Å². The molecule has 4 rings (SSSR count). The van der Waals surface area contributed by atoms with Crippen LogP contribution in [-0.2, 0) is 4.79 Å². The van der Waals surface area contributed by atoms with Crippen LogP contribution in [0.2, 0.25) is 0 Å². The zero-order chi connectivity index (χ0) is 19.7. The number of hydrogen-bond acceptors (Lipinski definition) is 3. The smallest absolute Gasteiger partial charge is 0.253 e. The van der Waals surface area contributed by atoms with E-state index in [-0.39, 0.29) is 11.8 Å². The lowest BCUT2D eigenvalue weighted by Crippen LogP contribution is -2.47. The van der Waals surface area contributed by atoms with Gasteiger partial charge in [0.05, 0.1) is 5.52 Å². The van der Waals surface area contributed by atoms with Crippen molar-refractivity contribution in [1.29, 1.82) is 0 Å². The molecule has 1 aliphatic heterocycles. The van der Waals surface area contributed by atoms with E-state index in [4.69, 9.17) is 5.73 Å². The maximum atomic E-state index is 13.0. The van der Waals surface area contributed by atoms with Crippen LogP contribution in [0.15, 0.2) is 60.8 Å². The van der Waals surface area contributed by atoms with Gasteiger partial charge in [-0.25, -0.2) is 0 Å². The molecule has 1 aromatic heterocycles. The number of hydrogen-bond donors (Lipinski definition) is 1. The number of primary amides is 1. The number of amides is 2. The molecule has 3 aromatic rings. The van der Waals surface area contributed by atoms with E-state index < -0.39 is 5.41 Å². The summed E-state index contributed by atoms with van der Waals surface area (Å²) in [6.07, 6.45) is 2.99. The molecule has 0 spiro atoms. The number of benzene rings is 2. The Morgan fingerprint density at radius 2 is 1.75 bits per heavy atom. The highest BCUT2D eigenvalue weighted by molar-refractivity contribution is 5.96. The number of aromatic nitrogens is 1.